The van der Waals surface area contributed by atoms with Crippen molar-refractivity contribution < 1.29 is 14.3 Å². The summed E-state index contributed by atoms with van der Waals surface area (Å²) in [6.45, 7) is 9.30. The normalized spacial score (nSPS) is 10.8. The van der Waals surface area contributed by atoms with Crippen LogP contribution in [0.25, 0.3) is 0 Å². The Morgan fingerprint density at radius 3 is 2.15 bits per heavy atom. The zero-order valence-corrected chi connectivity index (χ0v) is 16.8. The molecule has 5 nitrogen and oxygen atoms in total. The summed E-state index contributed by atoms with van der Waals surface area (Å²) in [5.41, 5.74) is 3.20. The van der Waals surface area contributed by atoms with Crippen molar-refractivity contribution in [3.05, 3.63) is 53.6 Å². The van der Waals surface area contributed by atoms with Gasteiger partial charge in [0.2, 0.25) is 0 Å². The fourth-order valence-electron chi connectivity index (χ4n) is 2.88. The number of para-hydroxylation sites is 1. The van der Waals surface area contributed by atoms with Crippen molar-refractivity contribution in [1.29, 1.82) is 0 Å². The summed E-state index contributed by atoms with van der Waals surface area (Å²) in [4.78, 5) is 12.4. The Bertz CT molecular complexity index is 731. The van der Waals surface area contributed by atoms with Gasteiger partial charge in [-0.15, -0.1) is 0 Å². The van der Waals surface area contributed by atoms with Crippen molar-refractivity contribution in [2.24, 2.45) is 0 Å². The van der Waals surface area contributed by atoms with E-state index in [4.69, 9.17) is 9.47 Å². The van der Waals surface area contributed by atoms with E-state index in [1.165, 1.54) is 0 Å². The molecule has 146 valence electrons. The monoisotopic (exact) mass is 370 g/mol. The third-order valence-corrected chi connectivity index (χ3v) is 4.31. The number of carbonyl (C=O) groups excluding carboxylic acids is 1. The molecule has 2 amide bonds. The van der Waals surface area contributed by atoms with Crippen molar-refractivity contribution in [2.75, 3.05) is 25.6 Å². The van der Waals surface area contributed by atoms with Crippen LogP contribution < -0.4 is 20.1 Å². The summed E-state index contributed by atoms with van der Waals surface area (Å²) in [7, 11) is 1.62. The van der Waals surface area contributed by atoms with Crippen molar-refractivity contribution >= 4 is 11.7 Å². The minimum absolute atomic E-state index is 0.223. The van der Waals surface area contributed by atoms with E-state index in [1.807, 2.05) is 24.3 Å². The van der Waals surface area contributed by atoms with E-state index in [1.54, 1.807) is 7.11 Å². The molecule has 0 heterocycles. The summed E-state index contributed by atoms with van der Waals surface area (Å²) in [6, 6.07) is 13.4. The van der Waals surface area contributed by atoms with Gasteiger partial charge >= 0.3 is 6.03 Å². The topological polar surface area (TPSA) is 59.6 Å². The van der Waals surface area contributed by atoms with Crippen LogP contribution in [0, 0.1) is 0 Å². The maximum atomic E-state index is 12.4. The summed E-state index contributed by atoms with van der Waals surface area (Å²) in [5.74, 6) is 2.11. The van der Waals surface area contributed by atoms with Crippen LogP contribution >= 0.6 is 0 Å². The number of benzene rings is 2. The molecule has 0 aliphatic carbocycles. The van der Waals surface area contributed by atoms with Crippen LogP contribution in [0.1, 0.15) is 50.7 Å². The third kappa shape index (κ3) is 5.91. The Kier molecular flexibility index (Phi) is 7.53. The quantitative estimate of drug-likeness (QED) is 0.632. The summed E-state index contributed by atoms with van der Waals surface area (Å²) < 4.78 is 10.8. The number of rotatable bonds is 8. The molecule has 0 radical (unpaired) electrons. The van der Waals surface area contributed by atoms with Gasteiger partial charge in [0, 0.05) is 11.8 Å². The van der Waals surface area contributed by atoms with Gasteiger partial charge in [0.25, 0.3) is 0 Å². The van der Waals surface area contributed by atoms with Crippen LogP contribution in [0.15, 0.2) is 42.5 Å². The van der Waals surface area contributed by atoms with E-state index >= 15 is 0 Å². The highest BCUT2D eigenvalue weighted by Crippen LogP contribution is 2.32. The number of carbonyl (C=O) groups is 1. The molecule has 0 aliphatic rings. The lowest BCUT2D eigenvalue weighted by Gasteiger charge is -2.20. The average molecular weight is 370 g/mol. The molecule has 0 spiro atoms. The molecular weight excluding hydrogens is 340 g/mol. The maximum Gasteiger partial charge on any atom is 0.319 e. The second kappa shape index (κ2) is 9.86. The van der Waals surface area contributed by atoms with Gasteiger partial charge in [-0.05, 0) is 35.1 Å². The minimum Gasteiger partial charge on any atom is -0.497 e. The van der Waals surface area contributed by atoms with E-state index in [0.29, 0.717) is 30.7 Å². The van der Waals surface area contributed by atoms with Gasteiger partial charge in [0.1, 0.15) is 18.1 Å². The second-order valence-corrected chi connectivity index (χ2v) is 7.03. The van der Waals surface area contributed by atoms with Gasteiger partial charge in [-0.1, -0.05) is 52.0 Å². The molecule has 0 saturated carbocycles. The predicted octanol–water partition coefficient (Wildman–Crippen LogP) is 5.14. The van der Waals surface area contributed by atoms with Crippen LogP contribution in [0.4, 0.5) is 10.5 Å². The molecule has 0 aromatic heterocycles. The first-order valence-corrected chi connectivity index (χ1v) is 9.36. The maximum absolute atomic E-state index is 12.4. The highest BCUT2D eigenvalue weighted by molar-refractivity contribution is 5.91. The number of amides is 2. The second-order valence-electron chi connectivity index (χ2n) is 7.03. The fraction of sp³-hybridized carbons (Fsp3) is 0.409. The van der Waals surface area contributed by atoms with E-state index < -0.39 is 0 Å². The van der Waals surface area contributed by atoms with E-state index in [2.05, 4.69) is 56.5 Å². The molecule has 0 aliphatic heterocycles. The Balaban J connectivity index is 1.92. The van der Waals surface area contributed by atoms with Crippen molar-refractivity contribution in [3.8, 4) is 11.5 Å². The van der Waals surface area contributed by atoms with Crippen LogP contribution in [0.2, 0.25) is 0 Å². The Morgan fingerprint density at radius 1 is 0.963 bits per heavy atom. The number of anilines is 1. The standard InChI is InChI=1S/C22H30N2O3/c1-15(2)19-10-7-11-20(16(3)4)21(19)24-22(25)23-12-13-27-18-9-6-8-17(14-18)26-5/h6-11,14-16H,12-13H2,1-5H3,(H2,23,24,25). The van der Waals surface area contributed by atoms with Gasteiger partial charge in [0.15, 0.2) is 0 Å². The molecule has 0 atom stereocenters. The highest BCUT2D eigenvalue weighted by Gasteiger charge is 2.15. The Hall–Kier alpha value is -2.69. The van der Waals surface area contributed by atoms with Crippen LogP contribution in [-0.4, -0.2) is 26.3 Å². The number of methoxy groups -OCH3 is 1. The van der Waals surface area contributed by atoms with E-state index in [-0.39, 0.29) is 6.03 Å². The zero-order chi connectivity index (χ0) is 19.8. The minimum atomic E-state index is -0.223. The van der Waals surface area contributed by atoms with Crippen LogP contribution in [-0.2, 0) is 0 Å². The van der Waals surface area contributed by atoms with Crippen LogP contribution in [0.5, 0.6) is 11.5 Å². The molecule has 0 bridgehead atoms. The lowest BCUT2D eigenvalue weighted by Crippen LogP contribution is -2.33. The smallest absolute Gasteiger partial charge is 0.319 e. The number of hydrogen-bond donors (Lipinski definition) is 2. The highest BCUT2D eigenvalue weighted by atomic mass is 16.5. The Labute approximate surface area is 162 Å². The molecule has 2 N–H and O–H groups in total. The van der Waals surface area contributed by atoms with Crippen LogP contribution in [0.3, 0.4) is 0 Å². The summed E-state index contributed by atoms with van der Waals surface area (Å²) >= 11 is 0. The number of urea groups is 1. The summed E-state index contributed by atoms with van der Waals surface area (Å²) in [5, 5.41) is 5.89. The lowest BCUT2D eigenvalue weighted by atomic mass is 9.93. The van der Waals surface area contributed by atoms with Crippen molar-refractivity contribution in [2.45, 2.75) is 39.5 Å². The first-order chi connectivity index (χ1) is 12.9. The molecule has 0 fully saturated rings. The molecule has 0 unspecified atom stereocenters. The first kappa shape index (κ1) is 20.6. The summed E-state index contributed by atoms with van der Waals surface area (Å²) in [6.07, 6.45) is 0. The Morgan fingerprint density at radius 2 is 1.56 bits per heavy atom. The fourth-order valence-corrected chi connectivity index (χ4v) is 2.88. The van der Waals surface area contributed by atoms with Crippen molar-refractivity contribution in [3.63, 3.8) is 0 Å². The predicted molar refractivity (Wildman–Crippen MR) is 110 cm³/mol. The average Bonchev–Trinajstić information content (AvgIpc) is 2.65. The molecule has 27 heavy (non-hydrogen) atoms. The molecule has 2 aromatic rings. The van der Waals surface area contributed by atoms with Gasteiger partial charge in [0.05, 0.1) is 13.7 Å². The molecule has 2 rings (SSSR count). The molecule has 0 saturated heterocycles. The number of nitrogens with one attached hydrogen (secondary N) is 2. The zero-order valence-electron chi connectivity index (χ0n) is 16.8. The largest absolute Gasteiger partial charge is 0.497 e. The first-order valence-electron chi connectivity index (χ1n) is 9.36. The van der Waals surface area contributed by atoms with Gasteiger partial charge in [-0.25, -0.2) is 4.79 Å². The lowest BCUT2D eigenvalue weighted by molar-refractivity contribution is 0.247. The van der Waals surface area contributed by atoms with Gasteiger partial charge < -0.3 is 20.1 Å². The number of hydrogen-bond acceptors (Lipinski definition) is 3. The van der Waals surface area contributed by atoms with Crippen molar-refractivity contribution in [1.82, 2.24) is 5.32 Å². The van der Waals surface area contributed by atoms with E-state index in [9.17, 15) is 4.79 Å². The molecular formula is C22H30N2O3. The molecule has 5 heteroatoms. The number of ether oxygens (including phenoxy) is 2. The SMILES string of the molecule is COc1cccc(OCCNC(=O)Nc2c(C(C)C)cccc2C(C)C)c1. The molecule has 2 aromatic carbocycles. The van der Waals surface area contributed by atoms with Gasteiger partial charge in [-0.2, -0.15) is 0 Å². The third-order valence-electron chi connectivity index (χ3n) is 4.31. The van der Waals surface area contributed by atoms with E-state index in [0.717, 1.165) is 22.6 Å². The van der Waals surface area contributed by atoms with Gasteiger partial charge in [-0.3, -0.25) is 0 Å².